The SMILES string of the molecule is O=C(OC(=O)C1(Cl)C=CC(Cl)=C(Cl)C1Cl)C1(Cl)C=CC(Cl)=C(Cl)C1Cl. The van der Waals surface area contributed by atoms with E-state index >= 15 is 0 Å². The molecule has 4 atom stereocenters. The Morgan fingerprint density at radius 1 is 0.800 bits per heavy atom. The van der Waals surface area contributed by atoms with Crippen molar-refractivity contribution in [2.45, 2.75) is 20.5 Å². The van der Waals surface area contributed by atoms with Gasteiger partial charge in [0, 0.05) is 0 Å². The number of alkyl halides is 4. The van der Waals surface area contributed by atoms with Crippen molar-refractivity contribution in [3.05, 3.63) is 44.4 Å². The van der Waals surface area contributed by atoms with Crippen LogP contribution in [0, 0.1) is 0 Å². The first kappa shape index (κ1) is 21.7. The van der Waals surface area contributed by atoms with E-state index in [0.29, 0.717) is 0 Å². The number of hydrogen-bond donors (Lipinski definition) is 0. The quantitative estimate of drug-likeness (QED) is 0.273. The highest BCUT2D eigenvalue weighted by molar-refractivity contribution is 6.52. The third kappa shape index (κ3) is 3.86. The largest absolute Gasteiger partial charge is 0.390 e. The first-order chi connectivity index (χ1) is 11.4. The second-order valence-electron chi connectivity index (χ2n) is 5.00. The van der Waals surface area contributed by atoms with E-state index in [1.807, 2.05) is 0 Å². The zero-order chi connectivity index (χ0) is 19.2. The topological polar surface area (TPSA) is 43.4 Å². The predicted molar refractivity (Wildman–Crippen MR) is 103 cm³/mol. The Bertz CT molecular complexity index is 693. The third-order valence-corrected chi connectivity index (χ3v) is 7.66. The maximum absolute atomic E-state index is 12.4. The molecule has 0 aromatic carbocycles. The minimum absolute atomic E-state index is 0.0728. The van der Waals surface area contributed by atoms with Crippen LogP contribution >= 0.6 is 92.8 Å². The van der Waals surface area contributed by atoms with E-state index in [0.717, 1.165) is 12.2 Å². The van der Waals surface area contributed by atoms with Gasteiger partial charge in [-0.15, -0.1) is 23.2 Å². The number of rotatable bonds is 2. The lowest BCUT2D eigenvalue weighted by atomic mass is 9.97. The van der Waals surface area contributed by atoms with Crippen LogP contribution < -0.4 is 0 Å². The van der Waals surface area contributed by atoms with E-state index in [1.165, 1.54) is 12.2 Å². The second-order valence-corrected chi connectivity index (χ2v) is 8.75. The summed E-state index contributed by atoms with van der Waals surface area (Å²) < 4.78 is 4.78. The van der Waals surface area contributed by atoms with Gasteiger partial charge in [0.1, 0.15) is 10.8 Å². The molecule has 0 heterocycles. The highest BCUT2D eigenvalue weighted by Crippen LogP contribution is 2.43. The summed E-state index contributed by atoms with van der Waals surface area (Å²) in [5.74, 6) is -2.40. The van der Waals surface area contributed by atoms with Crippen molar-refractivity contribution in [3.8, 4) is 0 Å². The summed E-state index contributed by atoms with van der Waals surface area (Å²) in [6.07, 6.45) is 4.86. The molecule has 25 heavy (non-hydrogen) atoms. The number of allylic oxidation sites excluding steroid dienone is 6. The molecule has 0 bridgehead atoms. The van der Waals surface area contributed by atoms with Gasteiger partial charge in [0.2, 0.25) is 0 Å². The Kier molecular flexibility index (Phi) is 6.78. The minimum Gasteiger partial charge on any atom is -0.390 e. The molecule has 11 heteroatoms. The van der Waals surface area contributed by atoms with Gasteiger partial charge in [-0.2, -0.15) is 0 Å². The Morgan fingerprint density at radius 3 is 1.44 bits per heavy atom. The van der Waals surface area contributed by atoms with Crippen molar-refractivity contribution >= 4 is 105 Å². The van der Waals surface area contributed by atoms with Gasteiger partial charge in [0.05, 0.1) is 20.1 Å². The highest BCUT2D eigenvalue weighted by Gasteiger charge is 2.52. The van der Waals surface area contributed by atoms with Gasteiger partial charge < -0.3 is 4.74 Å². The van der Waals surface area contributed by atoms with Gasteiger partial charge >= 0.3 is 11.9 Å². The molecule has 0 N–H and O–H groups in total. The second kappa shape index (κ2) is 7.81. The van der Waals surface area contributed by atoms with Gasteiger partial charge in [-0.05, 0) is 24.3 Å². The average Bonchev–Trinajstić information content (AvgIpc) is 2.58. The first-order valence-corrected chi connectivity index (χ1v) is 9.50. The minimum atomic E-state index is -1.96. The normalized spacial score (nSPS) is 35.2. The fourth-order valence-corrected chi connectivity index (χ4v) is 3.93. The fourth-order valence-electron chi connectivity index (χ4n) is 1.91. The molecular formula is C14H6Cl8O3. The molecule has 4 unspecified atom stereocenters. The Balaban J connectivity index is 2.23. The van der Waals surface area contributed by atoms with E-state index in [4.69, 9.17) is 97.5 Å². The smallest absolute Gasteiger partial charge is 0.340 e. The summed E-state index contributed by atoms with van der Waals surface area (Å²) in [6, 6.07) is 0. The van der Waals surface area contributed by atoms with Gasteiger partial charge in [-0.1, -0.05) is 69.6 Å². The summed E-state index contributed by atoms with van der Waals surface area (Å²) in [6.45, 7) is 0. The van der Waals surface area contributed by atoms with Crippen LogP contribution in [0.1, 0.15) is 0 Å². The van der Waals surface area contributed by atoms with Crippen molar-refractivity contribution in [2.75, 3.05) is 0 Å². The molecule has 0 aromatic heterocycles. The van der Waals surface area contributed by atoms with E-state index < -0.39 is 32.4 Å². The van der Waals surface area contributed by atoms with Crippen molar-refractivity contribution in [2.24, 2.45) is 0 Å². The number of carbonyl (C=O) groups is 2. The van der Waals surface area contributed by atoms with Crippen LogP contribution in [0.4, 0.5) is 0 Å². The lowest BCUT2D eigenvalue weighted by molar-refractivity contribution is -0.161. The molecule has 0 aliphatic heterocycles. The molecule has 3 nitrogen and oxygen atoms in total. The number of ether oxygens (including phenoxy) is 1. The van der Waals surface area contributed by atoms with Gasteiger partial charge in [0.25, 0.3) is 0 Å². The number of halogens is 8. The molecule has 0 amide bonds. The molecule has 0 aromatic rings. The summed E-state index contributed by atoms with van der Waals surface area (Å²) in [7, 11) is 0. The lowest BCUT2D eigenvalue weighted by Crippen LogP contribution is -2.49. The van der Waals surface area contributed by atoms with Crippen LogP contribution in [-0.4, -0.2) is 32.4 Å². The maximum atomic E-state index is 12.4. The summed E-state index contributed by atoms with van der Waals surface area (Å²) >= 11 is 47.9. The van der Waals surface area contributed by atoms with E-state index in [9.17, 15) is 9.59 Å². The standard InChI is InChI=1S/C14H6Cl8O3/c15-5-1-3-13(21,9(19)7(5)17)11(23)25-12(24)14(22)4-2-6(16)8(18)10(14)20/h1-4,9-10H. The Morgan fingerprint density at radius 2 is 1.12 bits per heavy atom. The molecule has 0 fully saturated rings. The molecule has 0 radical (unpaired) electrons. The van der Waals surface area contributed by atoms with E-state index in [2.05, 4.69) is 0 Å². The van der Waals surface area contributed by atoms with Crippen LogP contribution in [-0.2, 0) is 14.3 Å². The number of hydrogen-bond acceptors (Lipinski definition) is 3. The summed E-state index contributed by atoms with van der Waals surface area (Å²) in [5, 5.41) is -2.45. The molecule has 0 spiro atoms. The van der Waals surface area contributed by atoms with Crippen molar-refractivity contribution in [1.82, 2.24) is 0 Å². The van der Waals surface area contributed by atoms with Crippen molar-refractivity contribution in [3.63, 3.8) is 0 Å². The van der Waals surface area contributed by atoms with Gasteiger partial charge in [0.15, 0.2) is 9.75 Å². The number of carbonyl (C=O) groups excluding carboxylic acids is 2. The Hall–Kier alpha value is 0.420. The molecule has 2 rings (SSSR count). The molecule has 136 valence electrons. The number of esters is 2. The monoisotopic (exact) mass is 502 g/mol. The molecule has 2 aliphatic rings. The van der Waals surface area contributed by atoms with Crippen molar-refractivity contribution in [1.29, 1.82) is 0 Å². The van der Waals surface area contributed by atoms with Crippen LogP contribution in [0.15, 0.2) is 44.4 Å². The van der Waals surface area contributed by atoms with Crippen LogP contribution in [0.2, 0.25) is 0 Å². The zero-order valence-corrected chi connectivity index (χ0v) is 17.8. The van der Waals surface area contributed by atoms with Crippen LogP contribution in [0.25, 0.3) is 0 Å². The van der Waals surface area contributed by atoms with Crippen LogP contribution in [0.3, 0.4) is 0 Å². The molecule has 0 saturated heterocycles. The molecule has 2 aliphatic carbocycles. The van der Waals surface area contributed by atoms with Gasteiger partial charge in [-0.3, -0.25) is 0 Å². The molecular weight excluding hydrogens is 500 g/mol. The lowest BCUT2D eigenvalue weighted by Gasteiger charge is -2.32. The summed E-state index contributed by atoms with van der Waals surface area (Å²) in [5.41, 5.74) is 0. The third-order valence-electron chi connectivity index (χ3n) is 3.39. The fraction of sp³-hybridized carbons (Fsp3) is 0.286. The molecule has 0 saturated carbocycles. The average molecular weight is 506 g/mol. The predicted octanol–water partition coefficient (Wildman–Crippen LogP) is 5.74. The van der Waals surface area contributed by atoms with Crippen LogP contribution in [0.5, 0.6) is 0 Å². The zero-order valence-electron chi connectivity index (χ0n) is 11.7. The Labute approximate surface area is 183 Å². The highest BCUT2D eigenvalue weighted by atomic mass is 35.5. The summed E-state index contributed by atoms with van der Waals surface area (Å²) in [4.78, 5) is 20.9. The van der Waals surface area contributed by atoms with E-state index in [-0.39, 0.29) is 20.1 Å². The van der Waals surface area contributed by atoms with E-state index in [1.54, 1.807) is 0 Å². The van der Waals surface area contributed by atoms with Gasteiger partial charge in [-0.25, -0.2) is 9.59 Å². The maximum Gasteiger partial charge on any atom is 0.340 e. The van der Waals surface area contributed by atoms with Crippen molar-refractivity contribution < 1.29 is 14.3 Å². The first-order valence-electron chi connectivity index (χ1n) is 6.36.